The summed E-state index contributed by atoms with van der Waals surface area (Å²) >= 11 is 0. The number of carboxylic acids is 1. The molecule has 0 unspecified atom stereocenters. The maximum atomic E-state index is 12.5. The van der Waals surface area contributed by atoms with Gasteiger partial charge in [0.05, 0.1) is 0 Å². The number of carbonyl (C=O) groups is 3. The van der Waals surface area contributed by atoms with E-state index in [1.54, 1.807) is 4.90 Å². The summed E-state index contributed by atoms with van der Waals surface area (Å²) in [5.74, 6) is -0.521. The van der Waals surface area contributed by atoms with Crippen LogP contribution >= 0.6 is 0 Å². The Kier molecular flexibility index (Phi) is 4.60. The summed E-state index contributed by atoms with van der Waals surface area (Å²) in [5.41, 5.74) is -1.16. The standard InChI is InChI=1S/C17H26N2O4/c20-14(12-13-4-1-2-5-13)18-8-3-9-19(11-10-18)15(21)17(6-7-17)16(22)23/h13H,1-12H2,(H,22,23). The molecule has 0 aromatic rings. The largest absolute Gasteiger partial charge is 0.480 e. The van der Waals surface area contributed by atoms with Crippen molar-refractivity contribution in [3.05, 3.63) is 0 Å². The monoisotopic (exact) mass is 322 g/mol. The minimum absolute atomic E-state index is 0.200. The van der Waals surface area contributed by atoms with Crippen molar-refractivity contribution in [3.63, 3.8) is 0 Å². The highest BCUT2D eigenvalue weighted by Gasteiger charge is 2.58. The van der Waals surface area contributed by atoms with Crippen molar-refractivity contribution in [1.82, 2.24) is 9.80 Å². The fourth-order valence-electron chi connectivity index (χ4n) is 3.91. The minimum Gasteiger partial charge on any atom is -0.480 e. The zero-order valence-corrected chi connectivity index (χ0v) is 13.6. The van der Waals surface area contributed by atoms with Crippen molar-refractivity contribution in [3.8, 4) is 0 Å². The van der Waals surface area contributed by atoms with Crippen LogP contribution in [-0.2, 0) is 14.4 Å². The van der Waals surface area contributed by atoms with E-state index in [1.165, 1.54) is 12.8 Å². The Morgan fingerprint density at radius 1 is 0.913 bits per heavy atom. The van der Waals surface area contributed by atoms with Gasteiger partial charge < -0.3 is 14.9 Å². The molecule has 3 fully saturated rings. The lowest BCUT2D eigenvalue weighted by Gasteiger charge is -2.25. The van der Waals surface area contributed by atoms with Gasteiger partial charge in [-0.15, -0.1) is 0 Å². The Morgan fingerprint density at radius 3 is 2.13 bits per heavy atom. The van der Waals surface area contributed by atoms with E-state index >= 15 is 0 Å². The summed E-state index contributed by atoms with van der Waals surface area (Å²) in [6, 6.07) is 0. The highest BCUT2D eigenvalue weighted by Crippen LogP contribution is 2.47. The molecule has 6 heteroatoms. The molecule has 0 aromatic heterocycles. The highest BCUT2D eigenvalue weighted by molar-refractivity contribution is 6.04. The summed E-state index contributed by atoms with van der Waals surface area (Å²) < 4.78 is 0. The Hall–Kier alpha value is -1.59. The predicted octanol–water partition coefficient (Wildman–Crippen LogP) is 1.49. The summed E-state index contributed by atoms with van der Waals surface area (Å²) in [4.78, 5) is 39.7. The van der Waals surface area contributed by atoms with Gasteiger partial charge in [0.1, 0.15) is 5.41 Å². The molecule has 3 rings (SSSR count). The molecule has 1 aliphatic heterocycles. The van der Waals surface area contributed by atoms with Crippen molar-refractivity contribution < 1.29 is 19.5 Å². The number of hydrogen-bond acceptors (Lipinski definition) is 3. The van der Waals surface area contributed by atoms with Crippen molar-refractivity contribution in [1.29, 1.82) is 0 Å². The van der Waals surface area contributed by atoms with Crippen molar-refractivity contribution in [2.75, 3.05) is 26.2 Å². The van der Waals surface area contributed by atoms with Crippen LogP contribution < -0.4 is 0 Å². The maximum Gasteiger partial charge on any atom is 0.319 e. The molecule has 0 atom stereocenters. The molecule has 2 aliphatic carbocycles. The third kappa shape index (κ3) is 3.35. The lowest BCUT2D eigenvalue weighted by atomic mass is 10.0. The van der Waals surface area contributed by atoms with Crippen LogP contribution in [0.4, 0.5) is 0 Å². The van der Waals surface area contributed by atoms with Gasteiger partial charge in [0.25, 0.3) is 0 Å². The Labute approximate surface area is 136 Å². The number of carboxylic acid groups (broad SMARTS) is 1. The number of rotatable bonds is 4. The van der Waals surface area contributed by atoms with E-state index in [0.29, 0.717) is 51.4 Å². The Morgan fingerprint density at radius 2 is 1.52 bits per heavy atom. The molecule has 3 aliphatic rings. The lowest BCUT2D eigenvalue weighted by Crippen LogP contribution is -2.43. The van der Waals surface area contributed by atoms with Crippen LogP contribution in [0.5, 0.6) is 0 Å². The van der Waals surface area contributed by atoms with Gasteiger partial charge in [-0.25, -0.2) is 0 Å². The van der Waals surface area contributed by atoms with Gasteiger partial charge in [-0.1, -0.05) is 12.8 Å². The highest BCUT2D eigenvalue weighted by atomic mass is 16.4. The third-order valence-corrected chi connectivity index (χ3v) is 5.64. The molecule has 23 heavy (non-hydrogen) atoms. The predicted molar refractivity (Wildman–Crippen MR) is 83.7 cm³/mol. The van der Waals surface area contributed by atoms with E-state index in [1.807, 2.05) is 4.90 Å². The van der Waals surface area contributed by atoms with Crippen molar-refractivity contribution in [2.24, 2.45) is 11.3 Å². The molecule has 2 amide bonds. The number of carbonyl (C=O) groups excluding carboxylic acids is 2. The van der Waals surface area contributed by atoms with E-state index < -0.39 is 11.4 Å². The average molecular weight is 322 g/mol. The topological polar surface area (TPSA) is 77.9 Å². The van der Waals surface area contributed by atoms with Gasteiger partial charge in [0.15, 0.2) is 0 Å². The van der Waals surface area contributed by atoms with Crippen molar-refractivity contribution in [2.45, 2.75) is 51.4 Å². The van der Waals surface area contributed by atoms with Crippen molar-refractivity contribution >= 4 is 17.8 Å². The third-order valence-electron chi connectivity index (χ3n) is 5.64. The van der Waals surface area contributed by atoms with Gasteiger partial charge in [-0.05, 0) is 38.0 Å². The first kappa shape index (κ1) is 16.3. The molecule has 0 bridgehead atoms. The quantitative estimate of drug-likeness (QED) is 0.796. The second-order valence-electron chi connectivity index (χ2n) is 7.27. The van der Waals surface area contributed by atoms with Crippen LogP contribution in [0.25, 0.3) is 0 Å². The van der Waals surface area contributed by atoms with Gasteiger partial charge >= 0.3 is 5.97 Å². The molecule has 128 valence electrons. The van der Waals surface area contributed by atoms with E-state index in [0.717, 1.165) is 19.3 Å². The Balaban J connectivity index is 1.53. The maximum absolute atomic E-state index is 12.5. The first-order valence-electron chi connectivity index (χ1n) is 8.83. The van der Waals surface area contributed by atoms with Crippen LogP contribution in [-0.4, -0.2) is 58.9 Å². The fraction of sp³-hybridized carbons (Fsp3) is 0.824. The number of nitrogens with zero attached hydrogens (tertiary/aromatic N) is 2. The molecule has 0 spiro atoms. The van der Waals surface area contributed by atoms with Crippen LogP contribution in [0.3, 0.4) is 0 Å². The van der Waals surface area contributed by atoms with E-state index in [9.17, 15) is 19.5 Å². The van der Waals surface area contributed by atoms with E-state index in [4.69, 9.17) is 0 Å². The Bertz CT molecular complexity index is 495. The molecular formula is C17H26N2O4. The first-order valence-corrected chi connectivity index (χ1v) is 8.83. The fourth-order valence-corrected chi connectivity index (χ4v) is 3.91. The molecule has 0 aromatic carbocycles. The summed E-state index contributed by atoms with van der Waals surface area (Å²) in [6.45, 7) is 2.23. The molecule has 6 nitrogen and oxygen atoms in total. The second-order valence-corrected chi connectivity index (χ2v) is 7.27. The van der Waals surface area contributed by atoms with Crippen LogP contribution in [0.1, 0.15) is 51.4 Å². The smallest absolute Gasteiger partial charge is 0.319 e. The molecular weight excluding hydrogens is 296 g/mol. The molecule has 1 saturated heterocycles. The number of hydrogen-bond donors (Lipinski definition) is 1. The van der Waals surface area contributed by atoms with Gasteiger partial charge in [0, 0.05) is 32.6 Å². The SMILES string of the molecule is O=C(CC1CCCC1)N1CCCN(C(=O)C2(C(=O)O)CC2)CC1. The normalized spacial score (nSPS) is 24.3. The van der Waals surface area contributed by atoms with E-state index in [-0.39, 0.29) is 11.8 Å². The molecule has 1 heterocycles. The summed E-state index contributed by atoms with van der Waals surface area (Å²) in [6.07, 6.45) is 7.04. The summed E-state index contributed by atoms with van der Waals surface area (Å²) in [7, 11) is 0. The zero-order valence-electron chi connectivity index (χ0n) is 13.6. The molecule has 2 saturated carbocycles. The second kappa shape index (κ2) is 6.49. The molecule has 0 radical (unpaired) electrons. The van der Waals surface area contributed by atoms with Gasteiger partial charge in [-0.2, -0.15) is 0 Å². The number of amides is 2. The first-order chi connectivity index (χ1) is 11.0. The van der Waals surface area contributed by atoms with E-state index in [2.05, 4.69) is 0 Å². The van der Waals surface area contributed by atoms with Crippen LogP contribution in [0.2, 0.25) is 0 Å². The van der Waals surface area contributed by atoms with Gasteiger partial charge in [-0.3, -0.25) is 14.4 Å². The van der Waals surface area contributed by atoms with Crippen LogP contribution in [0, 0.1) is 11.3 Å². The zero-order chi connectivity index (χ0) is 16.4. The van der Waals surface area contributed by atoms with Crippen LogP contribution in [0.15, 0.2) is 0 Å². The minimum atomic E-state index is -1.16. The lowest BCUT2D eigenvalue weighted by molar-refractivity contribution is -0.153. The molecule has 1 N–H and O–H groups in total. The average Bonchev–Trinajstić information content (AvgIpc) is 3.25. The van der Waals surface area contributed by atoms with Gasteiger partial charge in [0.2, 0.25) is 11.8 Å². The summed E-state index contributed by atoms with van der Waals surface area (Å²) in [5, 5.41) is 9.26. The number of aliphatic carboxylic acids is 1.